The van der Waals surface area contributed by atoms with Gasteiger partial charge in [-0.15, -0.1) is 0 Å². The molecule has 0 spiro atoms. The molecule has 1 heterocycles. The van der Waals surface area contributed by atoms with Gasteiger partial charge in [0.2, 0.25) is 0 Å². The molecule has 76 valence electrons. The minimum atomic E-state index is -0.701. The van der Waals surface area contributed by atoms with Gasteiger partial charge in [0.1, 0.15) is 6.04 Å². The van der Waals surface area contributed by atoms with Gasteiger partial charge in [-0.25, -0.2) is 0 Å². The molecular weight excluding hydrogens is 166 g/mol. The molecule has 0 aliphatic carbocycles. The molecule has 2 unspecified atom stereocenters. The Balaban J connectivity index is 2.37. The Morgan fingerprint density at radius 2 is 2.23 bits per heavy atom. The highest BCUT2D eigenvalue weighted by Gasteiger charge is 2.25. The third kappa shape index (κ3) is 3.35. The Morgan fingerprint density at radius 3 is 2.77 bits per heavy atom. The van der Waals surface area contributed by atoms with Crippen molar-refractivity contribution < 1.29 is 9.90 Å². The second kappa shape index (κ2) is 4.61. The number of carboxylic acid groups (broad SMARTS) is 1. The number of nitrogens with one attached hydrogen (secondary N) is 1. The second-order valence-electron chi connectivity index (χ2n) is 4.31. The van der Waals surface area contributed by atoms with Crippen molar-refractivity contribution >= 4 is 5.97 Å². The topological polar surface area (TPSA) is 49.3 Å². The van der Waals surface area contributed by atoms with E-state index >= 15 is 0 Å². The van der Waals surface area contributed by atoms with Gasteiger partial charge < -0.3 is 10.4 Å². The summed E-state index contributed by atoms with van der Waals surface area (Å²) < 4.78 is 0. The molecule has 0 saturated carbocycles. The number of piperidine rings is 1. The number of carboxylic acids is 1. The molecule has 0 radical (unpaired) electrons. The number of aliphatic carboxylic acids is 1. The van der Waals surface area contributed by atoms with E-state index in [9.17, 15) is 4.79 Å². The van der Waals surface area contributed by atoms with Crippen LogP contribution in [0.25, 0.3) is 0 Å². The molecular formula is C10H19NO2. The van der Waals surface area contributed by atoms with Crippen LogP contribution >= 0.6 is 0 Å². The molecule has 2 N–H and O–H groups in total. The van der Waals surface area contributed by atoms with Gasteiger partial charge >= 0.3 is 5.97 Å². The third-order valence-corrected chi connectivity index (χ3v) is 2.54. The summed E-state index contributed by atoms with van der Waals surface area (Å²) in [6.07, 6.45) is 4.04. The summed E-state index contributed by atoms with van der Waals surface area (Å²) >= 11 is 0. The van der Waals surface area contributed by atoms with Crippen LogP contribution in [0.15, 0.2) is 0 Å². The normalized spacial score (nSPS) is 29.2. The van der Waals surface area contributed by atoms with Crippen molar-refractivity contribution in [3.05, 3.63) is 0 Å². The van der Waals surface area contributed by atoms with Crippen molar-refractivity contribution in [3.8, 4) is 0 Å². The SMILES string of the molecule is CC(C)CC1CCCC(C(=O)O)N1. The molecule has 1 rings (SSSR count). The van der Waals surface area contributed by atoms with Gasteiger partial charge in [0.25, 0.3) is 0 Å². The molecule has 3 heteroatoms. The first-order valence-corrected chi connectivity index (χ1v) is 5.08. The van der Waals surface area contributed by atoms with Crippen LogP contribution in [0.3, 0.4) is 0 Å². The molecule has 0 amide bonds. The van der Waals surface area contributed by atoms with Crippen LogP contribution in [0.4, 0.5) is 0 Å². The lowest BCUT2D eigenvalue weighted by Gasteiger charge is -2.29. The standard InChI is InChI=1S/C10H19NO2/c1-7(2)6-8-4-3-5-9(11-8)10(12)13/h7-9,11H,3-6H2,1-2H3,(H,12,13). The Morgan fingerprint density at radius 1 is 1.54 bits per heavy atom. The molecule has 2 atom stereocenters. The fraction of sp³-hybridized carbons (Fsp3) is 0.900. The smallest absolute Gasteiger partial charge is 0.320 e. The summed E-state index contributed by atoms with van der Waals surface area (Å²) in [6, 6.07) is 0.104. The zero-order chi connectivity index (χ0) is 9.84. The average Bonchev–Trinajstić information content (AvgIpc) is 2.03. The van der Waals surface area contributed by atoms with Gasteiger partial charge in [0, 0.05) is 6.04 Å². The van der Waals surface area contributed by atoms with Gasteiger partial charge in [-0.1, -0.05) is 13.8 Å². The number of hydrogen-bond acceptors (Lipinski definition) is 2. The highest BCUT2D eigenvalue weighted by Crippen LogP contribution is 2.18. The van der Waals surface area contributed by atoms with Crippen LogP contribution in [-0.4, -0.2) is 23.2 Å². The number of hydrogen-bond donors (Lipinski definition) is 2. The van der Waals surface area contributed by atoms with E-state index in [1.807, 2.05) is 0 Å². The largest absolute Gasteiger partial charge is 0.480 e. The van der Waals surface area contributed by atoms with E-state index in [4.69, 9.17) is 5.11 Å². The van der Waals surface area contributed by atoms with Crippen LogP contribution in [-0.2, 0) is 4.79 Å². The van der Waals surface area contributed by atoms with E-state index in [0.29, 0.717) is 12.0 Å². The van der Waals surface area contributed by atoms with Crippen molar-refractivity contribution in [2.24, 2.45) is 5.92 Å². The van der Waals surface area contributed by atoms with Gasteiger partial charge in [-0.2, -0.15) is 0 Å². The van der Waals surface area contributed by atoms with Crippen LogP contribution in [0.2, 0.25) is 0 Å². The lowest BCUT2D eigenvalue weighted by molar-refractivity contribution is -0.140. The molecule has 1 fully saturated rings. The molecule has 13 heavy (non-hydrogen) atoms. The molecule has 1 saturated heterocycles. The maximum absolute atomic E-state index is 10.7. The highest BCUT2D eigenvalue weighted by molar-refractivity contribution is 5.73. The van der Waals surface area contributed by atoms with Gasteiger partial charge in [-0.3, -0.25) is 4.79 Å². The zero-order valence-electron chi connectivity index (χ0n) is 8.42. The summed E-state index contributed by atoms with van der Waals surface area (Å²) in [5, 5.41) is 12.0. The van der Waals surface area contributed by atoms with Crippen molar-refractivity contribution in [1.82, 2.24) is 5.32 Å². The van der Waals surface area contributed by atoms with Gasteiger partial charge in [0.15, 0.2) is 0 Å². The first-order valence-electron chi connectivity index (χ1n) is 5.08. The van der Waals surface area contributed by atoms with E-state index in [1.54, 1.807) is 0 Å². The quantitative estimate of drug-likeness (QED) is 0.702. The molecule has 1 aliphatic heterocycles. The minimum Gasteiger partial charge on any atom is -0.480 e. The molecule has 0 aromatic carbocycles. The third-order valence-electron chi connectivity index (χ3n) is 2.54. The summed E-state index contributed by atoms with van der Waals surface area (Å²) in [7, 11) is 0. The molecule has 0 aromatic rings. The fourth-order valence-corrected chi connectivity index (χ4v) is 1.97. The predicted molar refractivity (Wildman–Crippen MR) is 51.7 cm³/mol. The monoisotopic (exact) mass is 185 g/mol. The molecule has 1 aliphatic rings. The second-order valence-corrected chi connectivity index (χ2v) is 4.31. The van der Waals surface area contributed by atoms with Gasteiger partial charge in [0.05, 0.1) is 0 Å². The lowest BCUT2D eigenvalue weighted by atomic mass is 9.93. The Labute approximate surface area is 79.5 Å². The lowest BCUT2D eigenvalue weighted by Crippen LogP contribution is -2.47. The van der Waals surface area contributed by atoms with E-state index in [2.05, 4.69) is 19.2 Å². The van der Waals surface area contributed by atoms with E-state index in [1.165, 1.54) is 0 Å². The van der Waals surface area contributed by atoms with Crippen molar-refractivity contribution in [2.75, 3.05) is 0 Å². The Hall–Kier alpha value is -0.570. The van der Waals surface area contributed by atoms with E-state index < -0.39 is 5.97 Å². The number of rotatable bonds is 3. The summed E-state index contributed by atoms with van der Waals surface area (Å²) in [6.45, 7) is 4.35. The summed E-state index contributed by atoms with van der Waals surface area (Å²) in [5.41, 5.74) is 0. The van der Waals surface area contributed by atoms with E-state index in [0.717, 1.165) is 25.7 Å². The average molecular weight is 185 g/mol. The maximum atomic E-state index is 10.7. The predicted octanol–water partition coefficient (Wildman–Crippen LogP) is 1.63. The van der Waals surface area contributed by atoms with Crippen molar-refractivity contribution in [2.45, 2.75) is 51.6 Å². The first kappa shape index (κ1) is 10.5. The molecule has 0 bridgehead atoms. The minimum absolute atomic E-state index is 0.308. The van der Waals surface area contributed by atoms with Crippen LogP contribution in [0.5, 0.6) is 0 Å². The fourth-order valence-electron chi connectivity index (χ4n) is 1.97. The van der Waals surface area contributed by atoms with Crippen LogP contribution in [0.1, 0.15) is 39.5 Å². The maximum Gasteiger partial charge on any atom is 0.320 e. The first-order chi connectivity index (χ1) is 6.09. The zero-order valence-corrected chi connectivity index (χ0v) is 8.42. The molecule has 3 nitrogen and oxygen atoms in total. The Bertz CT molecular complexity index is 180. The highest BCUT2D eigenvalue weighted by atomic mass is 16.4. The van der Waals surface area contributed by atoms with Gasteiger partial charge in [-0.05, 0) is 31.6 Å². The molecule has 0 aromatic heterocycles. The summed E-state index contributed by atoms with van der Waals surface area (Å²) in [4.78, 5) is 10.7. The van der Waals surface area contributed by atoms with Crippen LogP contribution in [0, 0.1) is 5.92 Å². The van der Waals surface area contributed by atoms with Crippen molar-refractivity contribution in [3.63, 3.8) is 0 Å². The number of carbonyl (C=O) groups is 1. The van der Waals surface area contributed by atoms with E-state index in [-0.39, 0.29) is 6.04 Å². The Kier molecular flexibility index (Phi) is 3.72. The summed E-state index contributed by atoms with van der Waals surface area (Å²) in [5.74, 6) is -0.0569. The van der Waals surface area contributed by atoms with Crippen LogP contribution < -0.4 is 5.32 Å². The van der Waals surface area contributed by atoms with Crippen molar-refractivity contribution in [1.29, 1.82) is 0 Å².